The van der Waals surface area contributed by atoms with Gasteiger partial charge in [-0.05, 0) is 31.5 Å². The maximum atomic E-state index is 12.2. The van der Waals surface area contributed by atoms with Crippen LogP contribution in [0.15, 0.2) is 30.7 Å². The predicted molar refractivity (Wildman–Crippen MR) is 75.4 cm³/mol. The van der Waals surface area contributed by atoms with Gasteiger partial charge in [0.05, 0.1) is 11.3 Å². The number of pyridine rings is 2. The van der Waals surface area contributed by atoms with Gasteiger partial charge < -0.3 is 10.6 Å². The van der Waals surface area contributed by atoms with E-state index in [1.165, 1.54) is 0 Å². The number of aromatic nitrogens is 2. The number of anilines is 2. The molecule has 0 aliphatic rings. The van der Waals surface area contributed by atoms with E-state index in [0.717, 1.165) is 22.6 Å². The third kappa shape index (κ3) is 2.88. The summed E-state index contributed by atoms with van der Waals surface area (Å²) in [6.07, 6.45) is 4.93. The van der Waals surface area contributed by atoms with Crippen LogP contribution in [0.2, 0.25) is 0 Å². The van der Waals surface area contributed by atoms with Crippen LogP contribution < -0.4 is 10.6 Å². The smallest absolute Gasteiger partial charge is 0.259 e. The standard InChI is InChI=1S/C14H16N4O/c1-9-7-16-5-4-12(9)18-14(19)11-8-17-10(2)6-13(11)15-3/h4-8H,1-3H3,(H,15,17)(H,16,18,19). The van der Waals surface area contributed by atoms with Gasteiger partial charge >= 0.3 is 0 Å². The summed E-state index contributed by atoms with van der Waals surface area (Å²) in [6, 6.07) is 3.61. The second kappa shape index (κ2) is 5.48. The Labute approximate surface area is 112 Å². The summed E-state index contributed by atoms with van der Waals surface area (Å²) < 4.78 is 0. The summed E-state index contributed by atoms with van der Waals surface area (Å²) in [6.45, 7) is 3.78. The highest BCUT2D eigenvalue weighted by Gasteiger charge is 2.12. The van der Waals surface area contributed by atoms with Gasteiger partial charge in [-0.25, -0.2) is 0 Å². The maximum absolute atomic E-state index is 12.2. The SMILES string of the molecule is CNc1cc(C)ncc1C(=O)Nc1ccncc1C. The highest BCUT2D eigenvalue weighted by molar-refractivity contribution is 6.08. The van der Waals surface area contributed by atoms with E-state index >= 15 is 0 Å². The van der Waals surface area contributed by atoms with Gasteiger partial charge in [-0.15, -0.1) is 0 Å². The molecule has 0 fully saturated rings. The van der Waals surface area contributed by atoms with E-state index < -0.39 is 0 Å². The van der Waals surface area contributed by atoms with Crippen molar-refractivity contribution in [3.05, 3.63) is 47.5 Å². The highest BCUT2D eigenvalue weighted by Crippen LogP contribution is 2.18. The Morgan fingerprint density at radius 2 is 2.00 bits per heavy atom. The van der Waals surface area contributed by atoms with Crippen molar-refractivity contribution >= 4 is 17.3 Å². The zero-order chi connectivity index (χ0) is 13.8. The molecule has 0 atom stereocenters. The monoisotopic (exact) mass is 256 g/mol. The third-order valence-corrected chi connectivity index (χ3v) is 2.82. The lowest BCUT2D eigenvalue weighted by Gasteiger charge is -2.11. The summed E-state index contributed by atoms with van der Waals surface area (Å²) >= 11 is 0. The van der Waals surface area contributed by atoms with Crippen molar-refractivity contribution in [2.45, 2.75) is 13.8 Å². The van der Waals surface area contributed by atoms with Gasteiger partial charge in [0, 0.05) is 37.0 Å². The van der Waals surface area contributed by atoms with E-state index in [1.54, 1.807) is 31.7 Å². The topological polar surface area (TPSA) is 66.9 Å². The van der Waals surface area contributed by atoms with Crippen molar-refractivity contribution in [1.29, 1.82) is 0 Å². The number of rotatable bonds is 3. The van der Waals surface area contributed by atoms with E-state index in [4.69, 9.17) is 0 Å². The molecule has 2 aromatic heterocycles. The first-order valence-electron chi connectivity index (χ1n) is 5.98. The summed E-state index contributed by atoms with van der Waals surface area (Å²) in [5.74, 6) is -0.189. The molecule has 2 rings (SSSR count). The van der Waals surface area contributed by atoms with Gasteiger partial charge in [-0.1, -0.05) is 0 Å². The van der Waals surface area contributed by atoms with E-state index in [-0.39, 0.29) is 5.91 Å². The first-order valence-corrected chi connectivity index (χ1v) is 5.98. The zero-order valence-corrected chi connectivity index (χ0v) is 11.2. The molecule has 5 nitrogen and oxygen atoms in total. The number of hydrogen-bond acceptors (Lipinski definition) is 4. The average molecular weight is 256 g/mol. The molecule has 1 amide bonds. The van der Waals surface area contributed by atoms with Gasteiger partial charge in [0.15, 0.2) is 0 Å². The molecular formula is C14H16N4O. The van der Waals surface area contributed by atoms with E-state index in [2.05, 4.69) is 20.6 Å². The minimum absolute atomic E-state index is 0.189. The Morgan fingerprint density at radius 1 is 1.21 bits per heavy atom. The Bertz CT molecular complexity index is 610. The molecule has 0 aliphatic carbocycles. The second-order valence-electron chi connectivity index (χ2n) is 4.27. The number of nitrogens with zero attached hydrogens (tertiary/aromatic N) is 2. The molecule has 2 aromatic rings. The van der Waals surface area contributed by atoms with Gasteiger partial charge in [-0.3, -0.25) is 14.8 Å². The van der Waals surface area contributed by atoms with Crippen molar-refractivity contribution in [3.63, 3.8) is 0 Å². The van der Waals surface area contributed by atoms with Crippen molar-refractivity contribution < 1.29 is 4.79 Å². The van der Waals surface area contributed by atoms with Crippen molar-refractivity contribution in [1.82, 2.24) is 9.97 Å². The van der Waals surface area contributed by atoms with Crippen LogP contribution >= 0.6 is 0 Å². The minimum atomic E-state index is -0.189. The highest BCUT2D eigenvalue weighted by atomic mass is 16.1. The van der Waals surface area contributed by atoms with Crippen LogP contribution in [0.3, 0.4) is 0 Å². The summed E-state index contributed by atoms with van der Waals surface area (Å²) in [5.41, 5.74) is 3.81. The van der Waals surface area contributed by atoms with Crippen molar-refractivity contribution in [3.8, 4) is 0 Å². The predicted octanol–water partition coefficient (Wildman–Crippen LogP) is 2.39. The largest absolute Gasteiger partial charge is 0.387 e. The van der Waals surface area contributed by atoms with Crippen LogP contribution in [0.25, 0.3) is 0 Å². The minimum Gasteiger partial charge on any atom is -0.387 e. The number of carbonyl (C=O) groups excluding carboxylic acids is 1. The molecule has 2 heterocycles. The average Bonchev–Trinajstić information content (AvgIpc) is 2.41. The third-order valence-electron chi connectivity index (χ3n) is 2.82. The molecule has 0 spiro atoms. The molecule has 0 saturated carbocycles. The lowest BCUT2D eigenvalue weighted by molar-refractivity contribution is 0.102. The number of aryl methyl sites for hydroxylation is 2. The van der Waals surface area contributed by atoms with Gasteiger partial charge in [0.2, 0.25) is 0 Å². The summed E-state index contributed by atoms with van der Waals surface area (Å²) in [5, 5.41) is 5.87. The fraction of sp³-hybridized carbons (Fsp3) is 0.214. The zero-order valence-electron chi connectivity index (χ0n) is 11.2. The molecule has 0 saturated heterocycles. The molecular weight excluding hydrogens is 240 g/mol. The molecule has 0 aliphatic heterocycles. The maximum Gasteiger partial charge on any atom is 0.259 e. The first-order chi connectivity index (χ1) is 9.11. The van der Waals surface area contributed by atoms with Crippen LogP contribution in [0, 0.1) is 13.8 Å². The molecule has 0 bridgehead atoms. The van der Waals surface area contributed by atoms with Crippen LogP contribution in [0.1, 0.15) is 21.6 Å². The molecule has 98 valence electrons. The van der Waals surface area contributed by atoms with Gasteiger partial charge in [0.1, 0.15) is 0 Å². The van der Waals surface area contributed by atoms with Crippen molar-refractivity contribution in [2.75, 3.05) is 17.7 Å². The lowest BCUT2D eigenvalue weighted by Crippen LogP contribution is -2.15. The van der Waals surface area contributed by atoms with E-state index in [1.807, 2.05) is 19.9 Å². The number of nitrogens with one attached hydrogen (secondary N) is 2. The molecule has 0 aromatic carbocycles. The summed E-state index contributed by atoms with van der Waals surface area (Å²) in [7, 11) is 1.78. The van der Waals surface area contributed by atoms with Crippen molar-refractivity contribution in [2.24, 2.45) is 0 Å². The number of amides is 1. The first kappa shape index (κ1) is 13.0. The molecule has 19 heavy (non-hydrogen) atoms. The Morgan fingerprint density at radius 3 is 2.68 bits per heavy atom. The quantitative estimate of drug-likeness (QED) is 0.884. The second-order valence-corrected chi connectivity index (χ2v) is 4.27. The van der Waals surface area contributed by atoms with E-state index in [0.29, 0.717) is 5.56 Å². The normalized spacial score (nSPS) is 10.1. The van der Waals surface area contributed by atoms with Crippen LogP contribution in [-0.4, -0.2) is 22.9 Å². The Hall–Kier alpha value is -2.43. The van der Waals surface area contributed by atoms with Gasteiger partial charge in [-0.2, -0.15) is 0 Å². The van der Waals surface area contributed by atoms with Gasteiger partial charge in [0.25, 0.3) is 5.91 Å². The lowest BCUT2D eigenvalue weighted by atomic mass is 10.2. The number of hydrogen-bond donors (Lipinski definition) is 2. The fourth-order valence-corrected chi connectivity index (χ4v) is 1.75. The van der Waals surface area contributed by atoms with Crippen LogP contribution in [0.4, 0.5) is 11.4 Å². The number of carbonyl (C=O) groups is 1. The Balaban J connectivity index is 2.28. The molecule has 0 unspecified atom stereocenters. The van der Waals surface area contributed by atoms with E-state index in [9.17, 15) is 4.79 Å². The molecule has 2 N–H and O–H groups in total. The van der Waals surface area contributed by atoms with Crippen LogP contribution in [0.5, 0.6) is 0 Å². The fourth-order valence-electron chi connectivity index (χ4n) is 1.75. The summed E-state index contributed by atoms with van der Waals surface area (Å²) in [4.78, 5) is 20.4. The molecule has 5 heteroatoms. The van der Waals surface area contributed by atoms with Crippen LogP contribution in [-0.2, 0) is 0 Å². The molecule has 0 radical (unpaired) electrons. The Kier molecular flexibility index (Phi) is 3.75.